The van der Waals surface area contributed by atoms with Crippen molar-refractivity contribution >= 4 is 45.3 Å². The predicted molar refractivity (Wildman–Crippen MR) is 120 cm³/mol. The Morgan fingerprint density at radius 2 is 1.97 bits per heavy atom. The van der Waals surface area contributed by atoms with Crippen molar-refractivity contribution in [2.45, 2.75) is 6.54 Å². The van der Waals surface area contributed by atoms with Crippen molar-refractivity contribution in [1.29, 1.82) is 0 Å². The molecule has 0 bridgehead atoms. The second kappa shape index (κ2) is 8.58. The fraction of sp³-hybridized carbons (Fsp3) is 0.0476. The predicted octanol–water partition coefficient (Wildman–Crippen LogP) is 3.34. The van der Waals surface area contributed by atoms with Gasteiger partial charge < -0.3 is 10.2 Å². The normalized spacial score (nSPS) is 11.3. The van der Waals surface area contributed by atoms with Gasteiger partial charge in [-0.05, 0) is 41.5 Å². The summed E-state index contributed by atoms with van der Waals surface area (Å²) < 4.78 is 1.21. The van der Waals surface area contributed by atoms with E-state index >= 15 is 0 Å². The molecule has 156 valence electrons. The summed E-state index contributed by atoms with van der Waals surface area (Å²) in [6.45, 7) is -0.268. The van der Waals surface area contributed by atoms with E-state index in [1.807, 2.05) is 17.5 Å². The number of halogens is 1. The van der Waals surface area contributed by atoms with Gasteiger partial charge in [-0.2, -0.15) is 5.10 Å². The van der Waals surface area contributed by atoms with Crippen molar-refractivity contribution in [3.8, 4) is 22.6 Å². The van der Waals surface area contributed by atoms with E-state index in [4.69, 9.17) is 11.6 Å². The number of aromatic hydroxyl groups is 2. The van der Waals surface area contributed by atoms with Crippen molar-refractivity contribution in [3.63, 3.8) is 0 Å². The van der Waals surface area contributed by atoms with Gasteiger partial charge in [0.05, 0.1) is 17.9 Å². The number of amides is 1. The molecule has 2 heterocycles. The van der Waals surface area contributed by atoms with E-state index in [1.54, 1.807) is 12.1 Å². The summed E-state index contributed by atoms with van der Waals surface area (Å²) in [4.78, 5) is 30.1. The van der Waals surface area contributed by atoms with E-state index in [1.165, 1.54) is 46.6 Å². The van der Waals surface area contributed by atoms with Crippen LogP contribution in [-0.2, 0) is 11.3 Å². The zero-order valence-corrected chi connectivity index (χ0v) is 17.4. The standard InChI is InChI=1S/C21H15ClN4O4S/c22-14-4-2-13(3-5-14)15-10-31-20-19(15)21(30)26(11-23-20)9-18(29)25-24-8-12-1-6-16(27)17(28)7-12/h1-8,10-11,27-28H,9H2,(H,25,29)/b24-8+. The van der Waals surface area contributed by atoms with Crippen molar-refractivity contribution in [2.24, 2.45) is 5.10 Å². The fourth-order valence-corrected chi connectivity index (χ4v) is 3.94. The summed E-state index contributed by atoms with van der Waals surface area (Å²) in [5.74, 6) is -1.07. The van der Waals surface area contributed by atoms with E-state index in [0.29, 0.717) is 20.8 Å². The van der Waals surface area contributed by atoms with E-state index in [2.05, 4.69) is 15.5 Å². The number of phenolic OH excluding ortho intramolecular Hbond substituents is 2. The largest absolute Gasteiger partial charge is 0.504 e. The first kappa shape index (κ1) is 20.6. The molecule has 0 radical (unpaired) electrons. The maximum atomic E-state index is 13.0. The molecule has 0 aliphatic rings. The van der Waals surface area contributed by atoms with Gasteiger partial charge in [0.1, 0.15) is 11.4 Å². The monoisotopic (exact) mass is 454 g/mol. The minimum Gasteiger partial charge on any atom is -0.504 e. The second-order valence-corrected chi connectivity index (χ2v) is 7.85. The summed E-state index contributed by atoms with van der Waals surface area (Å²) in [6.07, 6.45) is 2.63. The average molecular weight is 455 g/mol. The minimum atomic E-state index is -0.522. The van der Waals surface area contributed by atoms with Gasteiger partial charge in [0, 0.05) is 16.0 Å². The summed E-state index contributed by atoms with van der Waals surface area (Å²) in [6, 6.07) is 11.2. The third kappa shape index (κ3) is 4.42. The first-order valence-corrected chi connectivity index (χ1v) is 10.2. The van der Waals surface area contributed by atoms with Crippen molar-refractivity contribution in [1.82, 2.24) is 15.0 Å². The number of rotatable bonds is 5. The highest BCUT2D eigenvalue weighted by Crippen LogP contribution is 2.31. The zero-order chi connectivity index (χ0) is 22.0. The van der Waals surface area contributed by atoms with Gasteiger partial charge in [-0.3, -0.25) is 14.2 Å². The molecule has 2 aromatic heterocycles. The smallest absolute Gasteiger partial charge is 0.263 e. The van der Waals surface area contributed by atoms with E-state index < -0.39 is 5.91 Å². The molecule has 0 unspecified atom stereocenters. The van der Waals surface area contributed by atoms with Gasteiger partial charge in [0.2, 0.25) is 0 Å². The molecule has 1 amide bonds. The molecule has 4 rings (SSSR count). The third-order valence-corrected chi connectivity index (χ3v) is 5.57. The van der Waals surface area contributed by atoms with E-state index in [-0.39, 0.29) is 23.6 Å². The van der Waals surface area contributed by atoms with Crippen LogP contribution in [0.1, 0.15) is 5.56 Å². The highest BCUT2D eigenvalue weighted by molar-refractivity contribution is 7.17. The van der Waals surface area contributed by atoms with Crippen LogP contribution in [-0.4, -0.2) is 31.9 Å². The molecule has 10 heteroatoms. The molecule has 0 aliphatic carbocycles. The quantitative estimate of drug-likeness (QED) is 0.243. The van der Waals surface area contributed by atoms with Gasteiger partial charge in [0.25, 0.3) is 11.5 Å². The maximum Gasteiger partial charge on any atom is 0.263 e. The van der Waals surface area contributed by atoms with Crippen LogP contribution in [0.3, 0.4) is 0 Å². The fourth-order valence-electron chi connectivity index (χ4n) is 2.91. The SMILES string of the molecule is O=C(Cn1cnc2scc(-c3ccc(Cl)cc3)c2c1=O)N/N=C/c1ccc(O)c(O)c1. The third-order valence-electron chi connectivity index (χ3n) is 4.43. The summed E-state index contributed by atoms with van der Waals surface area (Å²) >= 11 is 7.29. The lowest BCUT2D eigenvalue weighted by molar-refractivity contribution is -0.121. The summed E-state index contributed by atoms with van der Waals surface area (Å²) in [5, 5.41) is 25.5. The van der Waals surface area contributed by atoms with Crippen LogP contribution < -0.4 is 11.0 Å². The number of benzene rings is 2. The van der Waals surface area contributed by atoms with Crippen LogP contribution in [0.2, 0.25) is 5.02 Å². The molecule has 0 saturated heterocycles. The Kier molecular flexibility index (Phi) is 5.70. The highest BCUT2D eigenvalue weighted by atomic mass is 35.5. The first-order valence-electron chi connectivity index (χ1n) is 8.99. The Hall–Kier alpha value is -3.69. The average Bonchev–Trinajstić information content (AvgIpc) is 3.18. The summed E-state index contributed by atoms with van der Waals surface area (Å²) in [5.41, 5.74) is 4.02. The second-order valence-electron chi connectivity index (χ2n) is 6.56. The number of nitrogens with zero attached hydrogens (tertiary/aromatic N) is 3. The van der Waals surface area contributed by atoms with Crippen LogP contribution in [0.4, 0.5) is 0 Å². The van der Waals surface area contributed by atoms with Gasteiger partial charge >= 0.3 is 0 Å². The number of carbonyl (C=O) groups excluding carboxylic acids is 1. The molecule has 8 nitrogen and oxygen atoms in total. The molecule has 0 fully saturated rings. The molecular formula is C21H15ClN4O4S. The van der Waals surface area contributed by atoms with Crippen LogP contribution in [0.25, 0.3) is 21.3 Å². The lowest BCUT2D eigenvalue weighted by Gasteiger charge is -2.05. The summed E-state index contributed by atoms with van der Waals surface area (Å²) in [7, 11) is 0. The Bertz CT molecular complexity index is 1360. The minimum absolute atomic E-state index is 0.255. The van der Waals surface area contributed by atoms with Crippen LogP contribution >= 0.6 is 22.9 Å². The van der Waals surface area contributed by atoms with Crippen molar-refractivity contribution in [2.75, 3.05) is 0 Å². The molecule has 4 aromatic rings. The van der Waals surface area contributed by atoms with Gasteiger partial charge in [-0.15, -0.1) is 11.3 Å². The van der Waals surface area contributed by atoms with Gasteiger partial charge in [0.15, 0.2) is 11.5 Å². The van der Waals surface area contributed by atoms with E-state index in [9.17, 15) is 19.8 Å². The van der Waals surface area contributed by atoms with Crippen molar-refractivity contribution in [3.05, 3.63) is 75.1 Å². The highest BCUT2D eigenvalue weighted by Gasteiger charge is 2.14. The van der Waals surface area contributed by atoms with Gasteiger partial charge in [-0.25, -0.2) is 10.4 Å². The van der Waals surface area contributed by atoms with Crippen molar-refractivity contribution < 1.29 is 15.0 Å². The van der Waals surface area contributed by atoms with E-state index in [0.717, 1.165) is 11.1 Å². The van der Waals surface area contributed by atoms with Crippen LogP contribution in [0, 0.1) is 0 Å². The van der Waals surface area contributed by atoms with Gasteiger partial charge in [-0.1, -0.05) is 23.7 Å². The Balaban J connectivity index is 1.53. The molecule has 0 aliphatic heterocycles. The molecule has 2 aromatic carbocycles. The Labute approximate surface area is 184 Å². The molecule has 31 heavy (non-hydrogen) atoms. The lowest BCUT2D eigenvalue weighted by Crippen LogP contribution is -2.30. The number of hydrogen-bond donors (Lipinski definition) is 3. The molecule has 0 spiro atoms. The van der Waals surface area contributed by atoms with Crippen LogP contribution in [0.5, 0.6) is 11.5 Å². The number of fused-ring (bicyclic) bond motifs is 1. The molecule has 3 N–H and O–H groups in total. The number of hydrogen-bond acceptors (Lipinski definition) is 7. The topological polar surface area (TPSA) is 117 Å². The van der Waals surface area contributed by atoms with Crippen LogP contribution in [0.15, 0.2) is 64.1 Å². The molecule has 0 saturated carbocycles. The Morgan fingerprint density at radius 1 is 1.19 bits per heavy atom. The first-order chi connectivity index (χ1) is 14.9. The Morgan fingerprint density at radius 3 is 2.71 bits per heavy atom. The molecule has 0 atom stereocenters. The number of hydrazone groups is 1. The number of carbonyl (C=O) groups is 1. The number of phenols is 2. The zero-order valence-electron chi connectivity index (χ0n) is 15.8. The lowest BCUT2D eigenvalue weighted by atomic mass is 10.1. The maximum absolute atomic E-state index is 13.0. The number of aromatic nitrogens is 2. The number of thiophene rings is 1. The number of nitrogens with one attached hydrogen (secondary N) is 1. The molecular weight excluding hydrogens is 440 g/mol.